The third-order valence-electron chi connectivity index (χ3n) is 3.37. The van der Waals surface area contributed by atoms with E-state index in [1.807, 2.05) is 49.4 Å². The molecule has 0 aromatic heterocycles. The van der Waals surface area contributed by atoms with E-state index in [-0.39, 0.29) is 12.7 Å². The lowest BCUT2D eigenvalue weighted by Crippen LogP contribution is -2.19. The summed E-state index contributed by atoms with van der Waals surface area (Å²) in [6, 6.07) is 12.9. The molecule has 0 saturated heterocycles. The second-order valence-corrected chi connectivity index (χ2v) is 5.97. The van der Waals surface area contributed by atoms with Gasteiger partial charge in [0.05, 0.1) is 11.3 Å². The molecule has 1 aliphatic heterocycles. The lowest BCUT2D eigenvalue weighted by atomic mass is 10.2. The maximum absolute atomic E-state index is 12.1. The summed E-state index contributed by atoms with van der Waals surface area (Å²) in [7, 11) is 0. The predicted octanol–water partition coefficient (Wildman–Crippen LogP) is 4.00. The third kappa shape index (κ3) is 3.83. The highest BCUT2D eigenvalue weighted by atomic mass is 79.9. The lowest BCUT2D eigenvalue weighted by molar-refractivity contribution is 0.0954. The Bertz CT molecular complexity index is 831. The molecule has 0 bridgehead atoms. The Labute approximate surface area is 148 Å². The average Bonchev–Trinajstić information content (AvgIpc) is 3.06. The molecular formula is C18H15BrN2O3. The Morgan fingerprint density at radius 3 is 2.83 bits per heavy atom. The Balaban J connectivity index is 1.64. The fraction of sp³-hybridized carbons (Fsp3) is 0.111. The number of carbonyl (C=O) groups excluding carboxylic acids is 1. The predicted molar refractivity (Wildman–Crippen MR) is 96.3 cm³/mol. The highest BCUT2D eigenvalue weighted by molar-refractivity contribution is 9.10. The molecule has 5 nitrogen and oxygen atoms in total. The van der Waals surface area contributed by atoms with Gasteiger partial charge in [0.2, 0.25) is 6.79 Å². The fourth-order valence-corrected chi connectivity index (χ4v) is 2.58. The molecule has 1 N–H and O–H groups in total. The monoisotopic (exact) mass is 386 g/mol. The highest BCUT2D eigenvalue weighted by Crippen LogP contribution is 2.32. The Morgan fingerprint density at radius 2 is 2.00 bits per heavy atom. The summed E-state index contributed by atoms with van der Waals surface area (Å²) in [5, 5.41) is 4.08. The average molecular weight is 387 g/mol. The van der Waals surface area contributed by atoms with Crippen molar-refractivity contribution >= 4 is 33.6 Å². The van der Waals surface area contributed by atoms with Gasteiger partial charge < -0.3 is 9.47 Å². The van der Waals surface area contributed by atoms with E-state index in [4.69, 9.17) is 9.47 Å². The minimum Gasteiger partial charge on any atom is -0.454 e. The molecule has 0 radical (unpaired) electrons. The summed E-state index contributed by atoms with van der Waals surface area (Å²) in [5.74, 6) is 1.21. The zero-order valence-corrected chi connectivity index (χ0v) is 14.5. The number of nitrogens with one attached hydrogen (secondary N) is 1. The topological polar surface area (TPSA) is 59.9 Å². The molecule has 0 aliphatic carbocycles. The van der Waals surface area contributed by atoms with Crippen molar-refractivity contribution in [1.29, 1.82) is 0 Å². The molecule has 1 aliphatic rings. The number of hydrazone groups is 1. The van der Waals surface area contributed by atoms with Crippen LogP contribution in [0.4, 0.5) is 0 Å². The lowest BCUT2D eigenvalue weighted by Gasteiger charge is -2.02. The summed E-state index contributed by atoms with van der Waals surface area (Å²) in [6.45, 7) is 2.06. The van der Waals surface area contributed by atoms with Crippen LogP contribution in [0.15, 0.2) is 58.1 Å². The zero-order valence-electron chi connectivity index (χ0n) is 13.0. The summed E-state index contributed by atoms with van der Waals surface area (Å²) in [4.78, 5) is 12.1. The van der Waals surface area contributed by atoms with Crippen molar-refractivity contribution in [3.05, 3.63) is 64.1 Å². The standard InChI is InChI=1S/C18H15BrN2O3/c1-12(20-21-18(22)14-4-2-3-5-15(14)19)6-7-13-8-9-16-17(10-13)24-11-23-16/h2-10H,11H2,1H3,(H,21,22)/b7-6+,20-12-. The van der Waals surface area contributed by atoms with Crippen LogP contribution in [0, 0.1) is 0 Å². The maximum atomic E-state index is 12.1. The van der Waals surface area contributed by atoms with Gasteiger partial charge in [-0.25, -0.2) is 5.43 Å². The van der Waals surface area contributed by atoms with Crippen molar-refractivity contribution in [2.75, 3.05) is 6.79 Å². The fourth-order valence-electron chi connectivity index (χ4n) is 2.12. The van der Waals surface area contributed by atoms with Crippen LogP contribution < -0.4 is 14.9 Å². The van der Waals surface area contributed by atoms with E-state index >= 15 is 0 Å². The van der Waals surface area contributed by atoms with E-state index in [9.17, 15) is 4.79 Å². The summed E-state index contributed by atoms with van der Waals surface area (Å²) in [6.07, 6.45) is 3.71. The Hall–Kier alpha value is -2.60. The second kappa shape index (κ2) is 7.31. The number of halogens is 1. The van der Waals surface area contributed by atoms with Gasteiger partial charge in [0.15, 0.2) is 11.5 Å². The summed E-state index contributed by atoms with van der Waals surface area (Å²) >= 11 is 3.34. The van der Waals surface area contributed by atoms with Gasteiger partial charge in [-0.05, 0) is 58.8 Å². The molecule has 0 spiro atoms. The third-order valence-corrected chi connectivity index (χ3v) is 4.06. The molecule has 1 amide bonds. The van der Waals surface area contributed by atoms with Gasteiger partial charge in [0.25, 0.3) is 5.91 Å². The van der Waals surface area contributed by atoms with Crippen LogP contribution in [0.2, 0.25) is 0 Å². The smallest absolute Gasteiger partial charge is 0.272 e. The van der Waals surface area contributed by atoms with Crippen LogP contribution in [-0.2, 0) is 0 Å². The van der Waals surface area contributed by atoms with Crippen molar-refractivity contribution in [2.24, 2.45) is 5.10 Å². The minimum atomic E-state index is -0.265. The SMILES string of the molecule is CC(/C=C/c1ccc2c(c1)OCO2)=N/NC(=O)c1ccccc1Br. The van der Waals surface area contributed by atoms with Crippen LogP contribution >= 0.6 is 15.9 Å². The number of allylic oxidation sites excluding steroid dienone is 1. The van der Waals surface area contributed by atoms with Gasteiger partial charge in [0.1, 0.15) is 0 Å². The van der Waals surface area contributed by atoms with Crippen molar-refractivity contribution in [2.45, 2.75) is 6.92 Å². The molecule has 2 aromatic carbocycles. The Morgan fingerprint density at radius 1 is 1.21 bits per heavy atom. The van der Waals surface area contributed by atoms with Gasteiger partial charge >= 0.3 is 0 Å². The number of rotatable bonds is 4. The van der Waals surface area contributed by atoms with Gasteiger partial charge in [-0.3, -0.25) is 4.79 Å². The molecule has 0 atom stereocenters. The van der Waals surface area contributed by atoms with E-state index in [1.54, 1.807) is 12.1 Å². The number of amides is 1. The molecular weight excluding hydrogens is 372 g/mol. The second-order valence-electron chi connectivity index (χ2n) is 5.12. The maximum Gasteiger partial charge on any atom is 0.272 e. The van der Waals surface area contributed by atoms with E-state index < -0.39 is 0 Å². The van der Waals surface area contributed by atoms with Gasteiger partial charge in [-0.1, -0.05) is 24.3 Å². The van der Waals surface area contributed by atoms with Crippen LogP contribution in [0.1, 0.15) is 22.8 Å². The molecule has 0 fully saturated rings. The van der Waals surface area contributed by atoms with Crippen molar-refractivity contribution in [3.63, 3.8) is 0 Å². The number of carbonyl (C=O) groups is 1. The zero-order chi connectivity index (χ0) is 16.9. The van der Waals surface area contributed by atoms with Gasteiger partial charge in [-0.2, -0.15) is 5.10 Å². The van der Waals surface area contributed by atoms with Crippen LogP contribution in [-0.4, -0.2) is 18.4 Å². The molecule has 3 rings (SSSR count). The number of hydrogen-bond acceptors (Lipinski definition) is 4. The summed E-state index contributed by atoms with van der Waals surface area (Å²) in [5.41, 5.74) is 4.71. The first-order chi connectivity index (χ1) is 11.6. The largest absolute Gasteiger partial charge is 0.454 e. The van der Waals surface area contributed by atoms with Crippen LogP contribution in [0.3, 0.4) is 0 Å². The highest BCUT2D eigenvalue weighted by Gasteiger charge is 2.12. The summed E-state index contributed by atoms with van der Waals surface area (Å²) < 4.78 is 11.3. The molecule has 2 aromatic rings. The van der Waals surface area contributed by atoms with E-state index in [1.165, 1.54) is 0 Å². The number of fused-ring (bicyclic) bond motifs is 1. The molecule has 6 heteroatoms. The number of ether oxygens (including phenoxy) is 2. The van der Waals surface area contributed by atoms with Gasteiger partial charge in [-0.15, -0.1) is 0 Å². The molecule has 0 saturated carbocycles. The van der Waals surface area contributed by atoms with Crippen LogP contribution in [0.25, 0.3) is 6.08 Å². The molecule has 0 unspecified atom stereocenters. The van der Waals surface area contributed by atoms with Crippen molar-refractivity contribution in [3.8, 4) is 11.5 Å². The van der Waals surface area contributed by atoms with E-state index in [2.05, 4.69) is 26.5 Å². The number of nitrogens with zero attached hydrogens (tertiary/aromatic N) is 1. The first kappa shape index (κ1) is 16.3. The first-order valence-corrected chi connectivity index (χ1v) is 8.09. The molecule has 122 valence electrons. The molecule has 1 heterocycles. The van der Waals surface area contributed by atoms with E-state index in [0.29, 0.717) is 11.3 Å². The quantitative estimate of drug-likeness (QED) is 0.638. The number of benzene rings is 2. The minimum absolute atomic E-state index is 0.254. The van der Waals surface area contributed by atoms with Crippen LogP contribution in [0.5, 0.6) is 11.5 Å². The van der Waals surface area contributed by atoms with E-state index in [0.717, 1.165) is 21.5 Å². The first-order valence-electron chi connectivity index (χ1n) is 7.30. The molecule has 24 heavy (non-hydrogen) atoms. The number of hydrogen-bond donors (Lipinski definition) is 1. The normalized spacial score (nSPS) is 13.3. The Kier molecular flexibility index (Phi) is 4.96. The van der Waals surface area contributed by atoms with Crippen molar-refractivity contribution < 1.29 is 14.3 Å². The van der Waals surface area contributed by atoms with Gasteiger partial charge in [0, 0.05) is 4.47 Å². The van der Waals surface area contributed by atoms with Crippen molar-refractivity contribution in [1.82, 2.24) is 5.43 Å².